The maximum atomic E-state index is 11.8. The molecule has 1 aromatic carbocycles. The summed E-state index contributed by atoms with van der Waals surface area (Å²) in [6.45, 7) is 5.93. The summed E-state index contributed by atoms with van der Waals surface area (Å²) in [5, 5.41) is 14.2. The number of aliphatic hydroxyl groups is 1. The number of nitrogens with zero attached hydrogens (tertiary/aromatic N) is 2. The summed E-state index contributed by atoms with van der Waals surface area (Å²) in [5.41, 5.74) is 3.14. The van der Waals surface area contributed by atoms with Crippen molar-refractivity contribution in [3.63, 3.8) is 0 Å². The van der Waals surface area contributed by atoms with Gasteiger partial charge in [-0.15, -0.1) is 5.10 Å². The van der Waals surface area contributed by atoms with E-state index in [1.807, 2.05) is 32.9 Å². The largest absolute Gasteiger partial charge is 0.490 e. The SMILES string of the molecule is Cc1ccc(C)c(OC[C@@H](O)Cn2nc(-c3ccco3)oc2=O)c1C. The lowest BCUT2D eigenvalue weighted by atomic mass is 10.1. The Kier molecular flexibility index (Phi) is 4.76. The van der Waals surface area contributed by atoms with Crippen molar-refractivity contribution in [2.24, 2.45) is 0 Å². The zero-order valence-electron chi connectivity index (χ0n) is 14.4. The maximum Gasteiger partial charge on any atom is 0.437 e. The monoisotopic (exact) mass is 344 g/mol. The second-order valence-electron chi connectivity index (χ2n) is 5.95. The topological polar surface area (TPSA) is 90.6 Å². The van der Waals surface area contributed by atoms with E-state index in [0.717, 1.165) is 27.1 Å². The van der Waals surface area contributed by atoms with Gasteiger partial charge in [-0.1, -0.05) is 12.1 Å². The number of hydrogen-bond acceptors (Lipinski definition) is 6. The molecule has 0 saturated heterocycles. The van der Waals surface area contributed by atoms with Crippen molar-refractivity contribution >= 4 is 0 Å². The highest BCUT2D eigenvalue weighted by Gasteiger charge is 2.16. The molecule has 132 valence electrons. The molecule has 1 atom stereocenters. The Morgan fingerprint density at radius 3 is 2.72 bits per heavy atom. The number of furan rings is 1. The predicted octanol–water partition coefficient (Wildman–Crippen LogP) is 2.46. The Hall–Kier alpha value is -2.80. The van der Waals surface area contributed by atoms with E-state index < -0.39 is 11.9 Å². The molecule has 0 spiro atoms. The summed E-state index contributed by atoms with van der Waals surface area (Å²) < 4.78 is 17.0. The Labute approximate surface area is 144 Å². The van der Waals surface area contributed by atoms with Crippen LogP contribution >= 0.6 is 0 Å². The van der Waals surface area contributed by atoms with Crippen LogP contribution in [0.4, 0.5) is 0 Å². The van der Waals surface area contributed by atoms with Crippen molar-refractivity contribution in [1.82, 2.24) is 9.78 Å². The molecule has 2 heterocycles. The zero-order valence-corrected chi connectivity index (χ0v) is 14.4. The summed E-state index contributed by atoms with van der Waals surface area (Å²) in [6.07, 6.45) is 0.551. The summed E-state index contributed by atoms with van der Waals surface area (Å²) in [5.74, 6) is 0.525. The molecule has 7 nitrogen and oxygen atoms in total. The van der Waals surface area contributed by atoms with Crippen LogP contribution < -0.4 is 10.5 Å². The highest BCUT2D eigenvalue weighted by molar-refractivity contribution is 5.44. The molecule has 7 heteroatoms. The molecule has 1 N–H and O–H groups in total. The molecule has 25 heavy (non-hydrogen) atoms. The molecule has 2 aromatic heterocycles. The number of benzene rings is 1. The summed E-state index contributed by atoms with van der Waals surface area (Å²) in [6, 6.07) is 7.31. The second kappa shape index (κ2) is 6.98. The fourth-order valence-corrected chi connectivity index (χ4v) is 2.50. The number of aryl methyl sites for hydroxylation is 2. The third kappa shape index (κ3) is 3.66. The van der Waals surface area contributed by atoms with Crippen molar-refractivity contribution < 1.29 is 18.7 Å². The van der Waals surface area contributed by atoms with Crippen LogP contribution in [0, 0.1) is 20.8 Å². The second-order valence-corrected chi connectivity index (χ2v) is 5.95. The average molecular weight is 344 g/mol. The first-order valence-electron chi connectivity index (χ1n) is 7.95. The Morgan fingerprint density at radius 2 is 2.00 bits per heavy atom. The van der Waals surface area contributed by atoms with E-state index >= 15 is 0 Å². The molecular weight excluding hydrogens is 324 g/mol. The molecule has 0 aliphatic carbocycles. The molecule has 0 radical (unpaired) electrons. The van der Waals surface area contributed by atoms with Crippen LogP contribution in [0.2, 0.25) is 0 Å². The van der Waals surface area contributed by atoms with E-state index in [-0.39, 0.29) is 19.0 Å². The lowest BCUT2D eigenvalue weighted by Gasteiger charge is -2.16. The van der Waals surface area contributed by atoms with Crippen molar-refractivity contribution in [3.8, 4) is 17.4 Å². The van der Waals surface area contributed by atoms with Crippen LogP contribution in [0.1, 0.15) is 16.7 Å². The minimum Gasteiger partial charge on any atom is -0.490 e. The number of aliphatic hydroxyl groups excluding tert-OH is 1. The van der Waals surface area contributed by atoms with Crippen LogP contribution in [-0.4, -0.2) is 27.6 Å². The highest BCUT2D eigenvalue weighted by Crippen LogP contribution is 2.25. The fraction of sp³-hybridized carbons (Fsp3) is 0.333. The van der Waals surface area contributed by atoms with Gasteiger partial charge in [0.05, 0.1) is 12.8 Å². The summed E-state index contributed by atoms with van der Waals surface area (Å²) >= 11 is 0. The van der Waals surface area contributed by atoms with Gasteiger partial charge in [-0.05, 0) is 49.6 Å². The zero-order chi connectivity index (χ0) is 18.0. The summed E-state index contributed by atoms with van der Waals surface area (Å²) in [7, 11) is 0. The standard InChI is InChI=1S/C18H20N2O5/c1-11-6-7-12(2)16(13(11)3)24-10-14(21)9-20-18(22)25-17(19-20)15-5-4-8-23-15/h4-8,14,21H,9-10H2,1-3H3/t14-/m0/s1. The van der Waals surface area contributed by atoms with E-state index in [1.165, 1.54) is 6.26 Å². The van der Waals surface area contributed by atoms with E-state index in [0.29, 0.717) is 5.76 Å². The van der Waals surface area contributed by atoms with Gasteiger partial charge in [0, 0.05) is 0 Å². The number of rotatable bonds is 6. The first-order valence-corrected chi connectivity index (χ1v) is 7.95. The molecule has 0 fully saturated rings. The van der Waals surface area contributed by atoms with Gasteiger partial charge in [0.1, 0.15) is 18.5 Å². The molecule has 0 bridgehead atoms. The number of hydrogen-bond donors (Lipinski definition) is 1. The molecule has 0 aliphatic rings. The van der Waals surface area contributed by atoms with Crippen molar-refractivity contribution in [3.05, 3.63) is 57.8 Å². The first-order chi connectivity index (χ1) is 12.0. The van der Waals surface area contributed by atoms with Crippen molar-refractivity contribution in [2.75, 3.05) is 6.61 Å². The van der Waals surface area contributed by atoms with Gasteiger partial charge in [-0.2, -0.15) is 4.68 Å². The molecule has 0 aliphatic heterocycles. The van der Waals surface area contributed by atoms with Gasteiger partial charge < -0.3 is 18.7 Å². The van der Waals surface area contributed by atoms with Gasteiger partial charge in [0.25, 0.3) is 5.89 Å². The first kappa shape index (κ1) is 17.0. The smallest absolute Gasteiger partial charge is 0.437 e. The van der Waals surface area contributed by atoms with E-state index in [4.69, 9.17) is 13.6 Å². The quantitative estimate of drug-likeness (QED) is 0.739. The fourth-order valence-electron chi connectivity index (χ4n) is 2.50. The molecule has 3 rings (SSSR count). The van der Waals surface area contributed by atoms with Crippen LogP contribution in [0.15, 0.2) is 44.2 Å². The van der Waals surface area contributed by atoms with Crippen LogP contribution in [0.3, 0.4) is 0 Å². The Morgan fingerprint density at radius 1 is 1.24 bits per heavy atom. The minimum absolute atomic E-state index is 0.0348. The molecule has 0 amide bonds. The number of ether oxygens (including phenoxy) is 1. The third-order valence-corrected chi connectivity index (χ3v) is 4.02. The normalized spacial score (nSPS) is 12.3. The molecule has 3 aromatic rings. The van der Waals surface area contributed by atoms with Crippen molar-refractivity contribution in [2.45, 2.75) is 33.4 Å². The van der Waals surface area contributed by atoms with E-state index in [1.54, 1.807) is 12.1 Å². The molecule has 0 unspecified atom stereocenters. The Balaban J connectivity index is 1.67. The van der Waals surface area contributed by atoms with E-state index in [2.05, 4.69) is 5.10 Å². The van der Waals surface area contributed by atoms with Gasteiger partial charge in [0.2, 0.25) is 0 Å². The average Bonchev–Trinajstić information content (AvgIpc) is 3.22. The number of aromatic nitrogens is 2. The lowest BCUT2D eigenvalue weighted by Crippen LogP contribution is -2.29. The molecule has 0 saturated carbocycles. The molecular formula is C18H20N2O5. The summed E-state index contributed by atoms with van der Waals surface area (Å²) in [4.78, 5) is 11.8. The van der Waals surface area contributed by atoms with Crippen molar-refractivity contribution in [1.29, 1.82) is 0 Å². The third-order valence-electron chi connectivity index (χ3n) is 4.02. The Bertz CT molecular complexity index is 908. The van der Waals surface area contributed by atoms with Crippen LogP contribution in [0.25, 0.3) is 11.7 Å². The van der Waals surface area contributed by atoms with Gasteiger partial charge >= 0.3 is 5.76 Å². The van der Waals surface area contributed by atoms with Gasteiger partial charge in [-0.3, -0.25) is 0 Å². The minimum atomic E-state index is -0.911. The van der Waals surface area contributed by atoms with Crippen LogP contribution in [-0.2, 0) is 6.54 Å². The maximum absolute atomic E-state index is 11.8. The van der Waals surface area contributed by atoms with Gasteiger partial charge in [0.15, 0.2) is 5.76 Å². The lowest BCUT2D eigenvalue weighted by molar-refractivity contribution is 0.0869. The van der Waals surface area contributed by atoms with Gasteiger partial charge in [-0.25, -0.2) is 4.79 Å². The van der Waals surface area contributed by atoms with E-state index in [9.17, 15) is 9.90 Å². The predicted molar refractivity (Wildman–Crippen MR) is 90.6 cm³/mol. The van der Waals surface area contributed by atoms with Crippen LogP contribution in [0.5, 0.6) is 5.75 Å². The highest BCUT2D eigenvalue weighted by atomic mass is 16.5.